The fourth-order valence-electron chi connectivity index (χ4n) is 3.36. The predicted molar refractivity (Wildman–Crippen MR) is 128 cm³/mol. The fraction of sp³-hybridized carbons (Fsp3) is 0.0769. The number of hydrogen-bond donors (Lipinski definition) is 0. The zero-order valence-electron chi connectivity index (χ0n) is 18.1. The summed E-state index contributed by atoms with van der Waals surface area (Å²) in [5.74, 6) is 0.643. The van der Waals surface area contributed by atoms with Crippen molar-refractivity contribution in [2.75, 3.05) is 7.11 Å². The topological polar surface area (TPSA) is 85.0 Å². The lowest BCUT2D eigenvalue weighted by atomic mass is 10.1. The number of para-hydroxylation sites is 1. The van der Waals surface area contributed by atoms with Crippen LogP contribution in [0, 0.1) is 18.3 Å². The van der Waals surface area contributed by atoms with E-state index >= 15 is 0 Å². The van der Waals surface area contributed by atoms with E-state index in [-0.39, 0.29) is 9.80 Å². The number of methoxy groups -OCH3 is 1. The number of benzene rings is 3. The van der Waals surface area contributed by atoms with Crippen LogP contribution < -0.4 is 4.74 Å². The van der Waals surface area contributed by atoms with Gasteiger partial charge in [-0.1, -0.05) is 48.0 Å². The molecule has 0 saturated carbocycles. The minimum Gasteiger partial charge on any atom is -0.497 e. The van der Waals surface area contributed by atoms with Crippen LogP contribution in [0.25, 0.3) is 23.0 Å². The van der Waals surface area contributed by atoms with Crippen molar-refractivity contribution in [3.8, 4) is 28.8 Å². The Morgan fingerprint density at radius 1 is 1.03 bits per heavy atom. The van der Waals surface area contributed by atoms with Crippen LogP contribution >= 0.6 is 0 Å². The van der Waals surface area contributed by atoms with Gasteiger partial charge >= 0.3 is 0 Å². The van der Waals surface area contributed by atoms with Crippen molar-refractivity contribution in [1.29, 1.82) is 5.26 Å². The summed E-state index contributed by atoms with van der Waals surface area (Å²) < 4.78 is 33.3. The van der Waals surface area contributed by atoms with Gasteiger partial charge in [-0.05, 0) is 49.4 Å². The zero-order chi connectivity index (χ0) is 23.4. The molecule has 0 bridgehead atoms. The van der Waals surface area contributed by atoms with Crippen LogP contribution in [0.5, 0.6) is 5.75 Å². The number of nitrogens with zero attached hydrogens (tertiary/aromatic N) is 3. The van der Waals surface area contributed by atoms with Crippen molar-refractivity contribution in [1.82, 2.24) is 9.78 Å². The molecule has 33 heavy (non-hydrogen) atoms. The van der Waals surface area contributed by atoms with Gasteiger partial charge in [0.15, 0.2) is 0 Å². The van der Waals surface area contributed by atoms with Gasteiger partial charge in [0.05, 0.1) is 17.7 Å². The number of nitriles is 1. The molecular weight excluding hydrogens is 434 g/mol. The lowest BCUT2D eigenvalue weighted by Gasteiger charge is -2.05. The molecule has 3 aromatic carbocycles. The Kier molecular flexibility index (Phi) is 6.11. The molecule has 0 aliphatic carbocycles. The molecule has 0 atom stereocenters. The van der Waals surface area contributed by atoms with Crippen molar-refractivity contribution in [3.63, 3.8) is 0 Å². The van der Waals surface area contributed by atoms with E-state index < -0.39 is 9.84 Å². The Hall–Kier alpha value is -4.15. The molecule has 0 amide bonds. The first-order valence-corrected chi connectivity index (χ1v) is 11.6. The molecule has 7 heteroatoms. The summed E-state index contributed by atoms with van der Waals surface area (Å²) in [5, 5.41) is 14.5. The van der Waals surface area contributed by atoms with Crippen LogP contribution in [0.2, 0.25) is 0 Å². The summed E-state index contributed by atoms with van der Waals surface area (Å²) >= 11 is 0. The van der Waals surface area contributed by atoms with Gasteiger partial charge in [-0.25, -0.2) is 13.1 Å². The van der Waals surface area contributed by atoms with Gasteiger partial charge in [-0.2, -0.15) is 10.4 Å². The molecule has 4 aromatic rings. The van der Waals surface area contributed by atoms with Gasteiger partial charge in [0, 0.05) is 17.3 Å². The largest absolute Gasteiger partial charge is 0.497 e. The highest BCUT2D eigenvalue weighted by atomic mass is 32.2. The van der Waals surface area contributed by atoms with Crippen LogP contribution in [0.1, 0.15) is 11.1 Å². The van der Waals surface area contributed by atoms with Crippen molar-refractivity contribution in [2.24, 2.45) is 0 Å². The zero-order valence-corrected chi connectivity index (χ0v) is 19.0. The molecule has 6 nitrogen and oxygen atoms in total. The second-order valence-corrected chi connectivity index (χ2v) is 9.30. The van der Waals surface area contributed by atoms with Crippen LogP contribution in [0.4, 0.5) is 0 Å². The molecule has 0 radical (unpaired) electrons. The second-order valence-electron chi connectivity index (χ2n) is 7.38. The SMILES string of the molecule is COc1cccc(-c2nn(-c3ccccc3)cc2C=C(C#N)S(=O)(=O)c2ccc(C)cc2)c1. The van der Waals surface area contributed by atoms with Crippen LogP contribution in [-0.4, -0.2) is 25.3 Å². The highest BCUT2D eigenvalue weighted by Gasteiger charge is 2.22. The minimum atomic E-state index is -3.99. The summed E-state index contributed by atoms with van der Waals surface area (Å²) in [4.78, 5) is -0.289. The van der Waals surface area contributed by atoms with Crippen molar-refractivity contribution in [2.45, 2.75) is 11.8 Å². The van der Waals surface area contributed by atoms with E-state index in [1.807, 2.05) is 67.6 Å². The number of hydrogen-bond acceptors (Lipinski definition) is 5. The fourth-order valence-corrected chi connectivity index (χ4v) is 4.51. The van der Waals surface area contributed by atoms with E-state index in [0.29, 0.717) is 17.0 Å². The number of ether oxygens (including phenoxy) is 1. The van der Waals surface area contributed by atoms with E-state index in [9.17, 15) is 13.7 Å². The minimum absolute atomic E-state index is 0.0688. The summed E-state index contributed by atoms with van der Waals surface area (Å²) in [6.45, 7) is 1.87. The average Bonchev–Trinajstić information content (AvgIpc) is 3.27. The van der Waals surface area contributed by atoms with Crippen molar-refractivity contribution in [3.05, 3.63) is 101 Å². The first-order chi connectivity index (χ1) is 15.9. The molecule has 4 rings (SSSR count). The summed E-state index contributed by atoms with van der Waals surface area (Å²) in [5.41, 5.74) is 3.51. The number of rotatable bonds is 6. The quantitative estimate of drug-likeness (QED) is 0.373. The predicted octanol–water partition coefficient (Wildman–Crippen LogP) is 5.19. The normalized spacial score (nSPS) is 11.7. The molecule has 0 fully saturated rings. The molecule has 164 valence electrons. The maximum absolute atomic E-state index is 13.2. The molecule has 0 unspecified atom stereocenters. The standard InChI is InChI=1S/C26H21N3O3S/c1-19-11-13-24(14-12-19)33(30,31)25(17-27)16-21-18-29(22-8-4-3-5-9-22)28-26(21)20-7-6-10-23(15-20)32-2/h3-16,18H,1-2H3. The van der Waals surface area contributed by atoms with Gasteiger partial charge in [0.2, 0.25) is 9.84 Å². The van der Waals surface area contributed by atoms with Gasteiger partial charge in [0.25, 0.3) is 0 Å². The smallest absolute Gasteiger partial charge is 0.216 e. The van der Waals surface area contributed by atoms with Crippen LogP contribution in [0.15, 0.2) is 94.9 Å². The number of aromatic nitrogens is 2. The summed E-state index contributed by atoms with van der Waals surface area (Å²) in [6, 6.07) is 25.1. The van der Waals surface area contributed by atoms with Crippen LogP contribution in [-0.2, 0) is 9.84 Å². The van der Waals surface area contributed by atoms with Gasteiger partial charge in [-0.3, -0.25) is 0 Å². The highest BCUT2D eigenvalue weighted by molar-refractivity contribution is 7.95. The van der Waals surface area contributed by atoms with Crippen LogP contribution in [0.3, 0.4) is 0 Å². The highest BCUT2D eigenvalue weighted by Crippen LogP contribution is 2.30. The van der Waals surface area contributed by atoms with Gasteiger partial charge in [0.1, 0.15) is 22.4 Å². The van der Waals surface area contributed by atoms with E-state index in [2.05, 4.69) is 0 Å². The second kappa shape index (κ2) is 9.15. The Bertz CT molecular complexity index is 1460. The first kappa shape index (κ1) is 22.1. The number of aryl methyl sites for hydroxylation is 1. The molecule has 0 aliphatic heterocycles. The molecular formula is C26H21N3O3S. The average molecular weight is 456 g/mol. The Labute approximate surface area is 192 Å². The number of sulfone groups is 1. The van der Waals surface area contributed by atoms with Gasteiger partial charge < -0.3 is 4.74 Å². The third-order valence-electron chi connectivity index (χ3n) is 5.12. The van der Waals surface area contributed by atoms with E-state index in [0.717, 1.165) is 16.8 Å². The van der Waals surface area contributed by atoms with E-state index in [4.69, 9.17) is 9.84 Å². The summed E-state index contributed by atoms with van der Waals surface area (Å²) in [6.07, 6.45) is 3.09. The molecule has 0 saturated heterocycles. The molecule has 1 heterocycles. The Morgan fingerprint density at radius 2 is 1.76 bits per heavy atom. The maximum atomic E-state index is 13.2. The van der Waals surface area contributed by atoms with E-state index in [1.165, 1.54) is 18.2 Å². The Morgan fingerprint density at radius 3 is 2.42 bits per heavy atom. The maximum Gasteiger partial charge on any atom is 0.216 e. The van der Waals surface area contributed by atoms with Crippen molar-refractivity contribution < 1.29 is 13.2 Å². The lowest BCUT2D eigenvalue weighted by molar-refractivity contribution is 0.415. The van der Waals surface area contributed by atoms with E-state index in [1.54, 1.807) is 30.1 Å². The molecule has 0 aliphatic rings. The first-order valence-electron chi connectivity index (χ1n) is 10.2. The third-order valence-corrected chi connectivity index (χ3v) is 6.80. The Balaban J connectivity index is 1.89. The molecule has 1 aromatic heterocycles. The number of allylic oxidation sites excluding steroid dienone is 1. The van der Waals surface area contributed by atoms with Crippen molar-refractivity contribution >= 4 is 15.9 Å². The summed E-state index contributed by atoms with van der Waals surface area (Å²) in [7, 11) is -2.42. The third kappa shape index (κ3) is 4.56. The molecule has 0 spiro atoms. The monoisotopic (exact) mass is 455 g/mol. The lowest BCUT2D eigenvalue weighted by Crippen LogP contribution is -2.03. The van der Waals surface area contributed by atoms with Gasteiger partial charge in [-0.15, -0.1) is 0 Å². The molecule has 0 N–H and O–H groups in total.